The number of nitrogens with zero attached hydrogens (tertiary/aromatic N) is 3. The quantitative estimate of drug-likeness (QED) is 0.760. The van der Waals surface area contributed by atoms with E-state index in [9.17, 15) is 4.79 Å². The smallest absolute Gasteiger partial charge is 0.223 e. The van der Waals surface area contributed by atoms with Gasteiger partial charge < -0.3 is 20.4 Å². The topological polar surface area (TPSA) is 60.5 Å². The molecule has 1 fully saturated rings. The number of thiazole rings is 1. The fourth-order valence-corrected chi connectivity index (χ4v) is 4.39. The van der Waals surface area contributed by atoms with Crippen LogP contribution in [0.1, 0.15) is 24.6 Å². The normalized spacial score (nSPS) is 15.6. The van der Waals surface area contributed by atoms with E-state index >= 15 is 0 Å². The largest absolute Gasteiger partial charge is 0.380 e. The van der Waals surface area contributed by atoms with Gasteiger partial charge in [0.15, 0.2) is 5.13 Å². The fourth-order valence-electron chi connectivity index (χ4n) is 3.24. The first kappa shape index (κ1) is 19.9. The molecule has 146 valence electrons. The van der Waals surface area contributed by atoms with Gasteiger partial charge in [0.25, 0.3) is 0 Å². The van der Waals surface area contributed by atoms with Crippen LogP contribution in [0.25, 0.3) is 0 Å². The summed E-state index contributed by atoms with van der Waals surface area (Å²) in [5.41, 5.74) is 2.26. The number of likely N-dealkylation sites (tertiary alicyclic amines) is 1. The molecule has 0 unspecified atom stereocenters. The van der Waals surface area contributed by atoms with Crippen LogP contribution in [0.4, 0.5) is 16.5 Å². The minimum Gasteiger partial charge on any atom is -0.380 e. The first-order valence-electron chi connectivity index (χ1n) is 9.10. The number of carbonyl (C=O) groups is 1. The Bertz CT molecular complexity index is 771. The second kappa shape index (κ2) is 8.91. The van der Waals surface area contributed by atoms with Gasteiger partial charge in [-0.1, -0.05) is 22.9 Å². The van der Waals surface area contributed by atoms with E-state index in [-0.39, 0.29) is 5.91 Å². The molecule has 0 bridgehead atoms. The Morgan fingerprint density at radius 2 is 2.00 bits per heavy atom. The molecule has 0 aliphatic carbocycles. The van der Waals surface area contributed by atoms with Crippen molar-refractivity contribution in [2.45, 2.75) is 32.4 Å². The monoisotopic (exact) mass is 407 g/mol. The van der Waals surface area contributed by atoms with Crippen LogP contribution in [-0.4, -0.2) is 49.0 Å². The van der Waals surface area contributed by atoms with Gasteiger partial charge in [0, 0.05) is 31.4 Å². The van der Waals surface area contributed by atoms with Gasteiger partial charge in [-0.2, -0.15) is 0 Å². The highest BCUT2D eigenvalue weighted by Crippen LogP contribution is 2.28. The van der Waals surface area contributed by atoms with Crippen LogP contribution in [-0.2, 0) is 11.3 Å². The molecule has 1 saturated heterocycles. The third-order valence-electron chi connectivity index (χ3n) is 4.90. The third-order valence-corrected chi connectivity index (χ3v) is 6.29. The number of anilines is 3. The van der Waals surface area contributed by atoms with Crippen LogP contribution in [0.3, 0.4) is 0 Å². The molecule has 6 nitrogen and oxygen atoms in total. The first-order valence-corrected chi connectivity index (χ1v) is 10.3. The van der Waals surface area contributed by atoms with Gasteiger partial charge in [0.1, 0.15) is 5.15 Å². The molecule has 0 spiro atoms. The molecule has 3 rings (SSSR count). The van der Waals surface area contributed by atoms with E-state index in [4.69, 9.17) is 11.6 Å². The Hall–Kier alpha value is -1.83. The molecule has 1 amide bonds. The lowest BCUT2D eigenvalue weighted by molar-refractivity contribution is -0.114. The Balaban J connectivity index is 1.56. The Morgan fingerprint density at radius 1 is 1.33 bits per heavy atom. The Morgan fingerprint density at radius 3 is 2.63 bits per heavy atom. The van der Waals surface area contributed by atoms with Crippen molar-refractivity contribution in [1.82, 2.24) is 9.88 Å². The average molecular weight is 408 g/mol. The summed E-state index contributed by atoms with van der Waals surface area (Å²) >= 11 is 7.54. The second-order valence-corrected chi connectivity index (χ2v) is 8.40. The van der Waals surface area contributed by atoms with Crippen molar-refractivity contribution < 1.29 is 4.79 Å². The van der Waals surface area contributed by atoms with E-state index in [0.29, 0.717) is 22.9 Å². The molecule has 2 aromatic rings. The summed E-state index contributed by atoms with van der Waals surface area (Å²) in [5, 5.41) is 6.99. The van der Waals surface area contributed by atoms with Gasteiger partial charge in [0.05, 0.1) is 11.4 Å². The van der Waals surface area contributed by atoms with Crippen LogP contribution in [0.5, 0.6) is 0 Å². The highest BCUT2D eigenvalue weighted by Gasteiger charge is 2.20. The number of piperidine rings is 1. The maximum Gasteiger partial charge on any atom is 0.223 e. The first-order chi connectivity index (χ1) is 12.9. The summed E-state index contributed by atoms with van der Waals surface area (Å²) in [4.78, 5) is 21.0. The molecule has 2 N–H and O–H groups in total. The molecule has 1 aliphatic rings. The van der Waals surface area contributed by atoms with Gasteiger partial charge in [-0.3, -0.25) is 4.79 Å². The molecule has 1 aromatic carbocycles. The molecule has 0 radical (unpaired) electrons. The van der Waals surface area contributed by atoms with Crippen LogP contribution >= 0.6 is 22.9 Å². The highest BCUT2D eigenvalue weighted by molar-refractivity contribution is 7.16. The Labute approximate surface area is 169 Å². The number of benzene rings is 1. The minimum atomic E-state index is -0.149. The molecule has 1 aliphatic heterocycles. The van der Waals surface area contributed by atoms with Gasteiger partial charge >= 0.3 is 0 Å². The predicted molar refractivity (Wildman–Crippen MR) is 114 cm³/mol. The zero-order chi connectivity index (χ0) is 19.4. The van der Waals surface area contributed by atoms with Crippen LogP contribution < -0.4 is 15.5 Å². The van der Waals surface area contributed by atoms with Crippen molar-refractivity contribution in [3.8, 4) is 0 Å². The van der Waals surface area contributed by atoms with E-state index in [1.807, 2.05) is 0 Å². The van der Waals surface area contributed by atoms with Crippen molar-refractivity contribution in [2.24, 2.45) is 0 Å². The van der Waals surface area contributed by atoms with Crippen LogP contribution in [0, 0.1) is 0 Å². The number of halogens is 1. The highest BCUT2D eigenvalue weighted by atomic mass is 35.5. The van der Waals surface area contributed by atoms with E-state index in [0.717, 1.165) is 23.7 Å². The summed E-state index contributed by atoms with van der Waals surface area (Å²) in [7, 11) is 4.37. The SMILES string of the molecule is CC(=O)Nc1nc(Cl)c(CNc2ccc(N(C)C3CCN(C)CC3)cc2)s1. The zero-order valence-corrected chi connectivity index (χ0v) is 17.5. The maximum absolute atomic E-state index is 11.1. The zero-order valence-electron chi connectivity index (χ0n) is 16.0. The van der Waals surface area contributed by atoms with Crippen molar-refractivity contribution in [3.05, 3.63) is 34.3 Å². The van der Waals surface area contributed by atoms with E-state index in [1.165, 1.54) is 36.8 Å². The molecular formula is C19H26ClN5OS. The van der Waals surface area contributed by atoms with Gasteiger partial charge in [-0.15, -0.1) is 0 Å². The molecule has 27 heavy (non-hydrogen) atoms. The van der Waals surface area contributed by atoms with E-state index < -0.39 is 0 Å². The second-order valence-electron chi connectivity index (χ2n) is 6.96. The number of hydrogen-bond acceptors (Lipinski definition) is 6. The summed E-state index contributed by atoms with van der Waals surface area (Å²) in [6, 6.07) is 9.08. The number of aromatic nitrogens is 1. The number of hydrogen-bond donors (Lipinski definition) is 2. The summed E-state index contributed by atoms with van der Waals surface area (Å²) in [6.07, 6.45) is 2.40. The number of amides is 1. The fraction of sp³-hybridized carbons (Fsp3) is 0.474. The lowest BCUT2D eigenvalue weighted by atomic mass is 10.0. The van der Waals surface area contributed by atoms with Crippen molar-refractivity contribution in [1.29, 1.82) is 0 Å². The van der Waals surface area contributed by atoms with Gasteiger partial charge in [-0.05, 0) is 57.2 Å². The van der Waals surface area contributed by atoms with Crippen LogP contribution in [0.2, 0.25) is 5.15 Å². The minimum absolute atomic E-state index is 0.149. The summed E-state index contributed by atoms with van der Waals surface area (Å²) < 4.78 is 0. The molecule has 0 saturated carbocycles. The lowest BCUT2D eigenvalue weighted by Crippen LogP contribution is -2.41. The molecule has 0 atom stereocenters. The average Bonchev–Trinajstić information content (AvgIpc) is 2.99. The Kier molecular flexibility index (Phi) is 6.57. The number of rotatable bonds is 6. The van der Waals surface area contributed by atoms with Crippen molar-refractivity contribution >= 4 is 45.4 Å². The van der Waals surface area contributed by atoms with Gasteiger partial charge in [-0.25, -0.2) is 4.98 Å². The summed E-state index contributed by atoms with van der Waals surface area (Å²) in [6.45, 7) is 4.34. The standard InChI is InChI=1S/C19H26ClN5OS/c1-13(26)22-19-23-18(20)17(27-19)12-21-14-4-6-15(7-5-14)25(3)16-8-10-24(2)11-9-16/h4-7,16,21H,8-12H2,1-3H3,(H,22,23,26). The van der Waals surface area contributed by atoms with Crippen molar-refractivity contribution in [2.75, 3.05) is 42.7 Å². The molecule has 1 aromatic heterocycles. The van der Waals surface area contributed by atoms with Gasteiger partial charge in [0.2, 0.25) is 5.91 Å². The molecule has 8 heteroatoms. The maximum atomic E-state index is 11.1. The molecule has 2 heterocycles. The predicted octanol–water partition coefficient (Wildman–Crippen LogP) is 3.90. The number of carbonyl (C=O) groups excluding carboxylic acids is 1. The van der Waals surface area contributed by atoms with Crippen LogP contribution in [0.15, 0.2) is 24.3 Å². The third kappa shape index (κ3) is 5.34. The summed E-state index contributed by atoms with van der Waals surface area (Å²) in [5.74, 6) is -0.149. The molecular weight excluding hydrogens is 382 g/mol. The van der Waals surface area contributed by atoms with Crippen molar-refractivity contribution in [3.63, 3.8) is 0 Å². The van der Waals surface area contributed by atoms with E-state index in [1.54, 1.807) is 0 Å². The lowest BCUT2D eigenvalue weighted by Gasteiger charge is -2.36. The number of nitrogens with one attached hydrogen (secondary N) is 2. The van der Waals surface area contributed by atoms with E-state index in [2.05, 4.69) is 63.8 Å².